The zero-order chi connectivity index (χ0) is 17.9. The van der Waals surface area contributed by atoms with Crippen molar-refractivity contribution in [2.45, 2.75) is 32.1 Å². The minimum atomic E-state index is -0.234. The number of piperidine rings is 1. The summed E-state index contributed by atoms with van der Waals surface area (Å²) in [4.78, 5) is 21.6. The molecular formula is C19H23FN4OS. The van der Waals surface area contributed by atoms with Gasteiger partial charge in [-0.2, -0.15) is 4.37 Å². The summed E-state index contributed by atoms with van der Waals surface area (Å²) in [7, 11) is 0. The summed E-state index contributed by atoms with van der Waals surface area (Å²) in [6, 6.07) is 6.45. The maximum Gasteiger partial charge on any atom is 0.227 e. The third kappa shape index (κ3) is 3.87. The summed E-state index contributed by atoms with van der Waals surface area (Å²) in [6.45, 7) is 3.49. The van der Waals surface area contributed by atoms with E-state index in [2.05, 4.69) is 14.3 Å². The molecule has 2 fully saturated rings. The number of benzene rings is 1. The standard InChI is InChI=1S/C19H23FN4OS/c20-16-7-5-14(6-8-16)12-17-21-19(26-22-17)24-11-3-4-15(13-24)18(25)23-9-1-2-10-23/h5-8,15H,1-4,9-13H2. The van der Waals surface area contributed by atoms with Crippen LogP contribution >= 0.6 is 11.5 Å². The van der Waals surface area contributed by atoms with Crippen molar-refractivity contribution in [1.82, 2.24) is 14.3 Å². The highest BCUT2D eigenvalue weighted by Gasteiger charge is 2.31. The molecule has 0 bridgehead atoms. The summed E-state index contributed by atoms with van der Waals surface area (Å²) in [6.07, 6.45) is 4.83. The van der Waals surface area contributed by atoms with Crippen molar-refractivity contribution < 1.29 is 9.18 Å². The zero-order valence-corrected chi connectivity index (χ0v) is 15.6. The average Bonchev–Trinajstić information content (AvgIpc) is 3.35. The molecule has 3 heterocycles. The largest absolute Gasteiger partial charge is 0.346 e. The van der Waals surface area contributed by atoms with Crippen LogP contribution in [0.3, 0.4) is 0 Å². The molecule has 1 amide bonds. The number of anilines is 1. The van der Waals surface area contributed by atoms with Crippen LogP contribution in [0.1, 0.15) is 37.1 Å². The Morgan fingerprint density at radius 1 is 1.15 bits per heavy atom. The first-order chi connectivity index (χ1) is 12.7. The number of carbonyl (C=O) groups excluding carboxylic acids is 1. The van der Waals surface area contributed by atoms with E-state index in [1.165, 1.54) is 23.7 Å². The Morgan fingerprint density at radius 3 is 2.69 bits per heavy atom. The highest BCUT2D eigenvalue weighted by Crippen LogP contribution is 2.27. The number of aromatic nitrogens is 2. The molecular weight excluding hydrogens is 351 g/mol. The number of rotatable bonds is 4. The van der Waals surface area contributed by atoms with Crippen LogP contribution in [0.5, 0.6) is 0 Å². The molecule has 2 aliphatic rings. The number of likely N-dealkylation sites (tertiary alicyclic amines) is 1. The predicted octanol–water partition coefficient (Wildman–Crippen LogP) is 3.11. The van der Waals surface area contributed by atoms with Gasteiger partial charge in [0.1, 0.15) is 11.6 Å². The quantitative estimate of drug-likeness (QED) is 0.825. The molecule has 1 atom stereocenters. The van der Waals surface area contributed by atoms with Gasteiger partial charge < -0.3 is 9.80 Å². The molecule has 1 aromatic carbocycles. The molecule has 5 nitrogen and oxygen atoms in total. The Bertz CT molecular complexity index is 757. The van der Waals surface area contributed by atoms with Gasteiger partial charge in [-0.25, -0.2) is 9.37 Å². The predicted molar refractivity (Wildman–Crippen MR) is 99.9 cm³/mol. The van der Waals surface area contributed by atoms with Gasteiger partial charge >= 0.3 is 0 Å². The van der Waals surface area contributed by atoms with Crippen LogP contribution in [0.25, 0.3) is 0 Å². The fourth-order valence-corrected chi connectivity index (χ4v) is 4.50. The third-order valence-corrected chi connectivity index (χ3v) is 6.01. The van der Waals surface area contributed by atoms with E-state index in [0.29, 0.717) is 12.3 Å². The van der Waals surface area contributed by atoms with Crippen LogP contribution in [-0.4, -0.2) is 46.3 Å². The monoisotopic (exact) mass is 374 g/mol. The number of carbonyl (C=O) groups is 1. The normalized spacial score (nSPS) is 20.6. The highest BCUT2D eigenvalue weighted by atomic mass is 32.1. The molecule has 7 heteroatoms. The van der Waals surface area contributed by atoms with Gasteiger partial charge in [-0.1, -0.05) is 12.1 Å². The second kappa shape index (κ2) is 7.70. The van der Waals surface area contributed by atoms with E-state index in [1.807, 2.05) is 4.90 Å². The van der Waals surface area contributed by atoms with Gasteiger partial charge in [0.05, 0.1) is 5.92 Å². The van der Waals surface area contributed by atoms with Gasteiger partial charge in [-0.15, -0.1) is 0 Å². The lowest BCUT2D eigenvalue weighted by molar-refractivity contribution is -0.134. The lowest BCUT2D eigenvalue weighted by atomic mass is 9.97. The number of nitrogens with zero attached hydrogens (tertiary/aromatic N) is 4. The van der Waals surface area contributed by atoms with E-state index >= 15 is 0 Å². The van der Waals surface area contributed by atoms with Gasteiger partial charge in [0.25, 0.3) is 0 Å². The maximum atomic E-state index is 13.0. The minimum Gasteiger partial charge on any atom is -0.346 e. The zero-order valence-electron chi connectivity index (χ0n) is 14.7. The first-order valence-electron chi connectivity index (χ1n) is 9.30. The van der Waals surface area contributed by atoms with Crippen molar-refractivity contribution >= 4 is 22.6 Å². The van der Waals surface area contributed by atoms with Gasteiger partial charge in [0.2, 0.25) is 11.0 Å². The molecule has 1 aromatic heterocycles. The van der Waals surface area contributed by atoms with Crippen LogP contribution < -0.4 is 4.90 Å². The number of amides is 1. The third-order valence-electron chi connectivity index (χ3n) is 5.19. The van der Waals surface area contributed by atoms with Crippen molar-refractivity contribution in [2.24, 2.45) is 5.92 Å². The smallest absolute Gasteiger partial charge is 0.227 e. The summed E-state index contributed by atoms with van der Waals surface area (Å²) in [5.74, 6) is 0.904. The second-order valence-electron chi connectivity index (χ2n) is 7.11. The van der Waals surface area contributed by atoms with Gasteiger partial charge in [0, 0.05) is 44.1 Å². The van der Waals surface area contributed by atoms with Crippen LogP contribution in [0.15, 0.2) is 24.3 Å². The Morgan fingerprint density at radius 2 is 1.92 bits per heavy atom. The molecule has 2 saturated heterocycles. The summed E-state index contributed by atoms with van der Waals surface area (Å²) < 4.78 is 17.5. The molecule has 0 radical (unpaired) electrons. The molecule has 0 saturated carbocycles. The summed E-state index contributed by atoms with van der Waals surface area (Å²) in [5.41, 5.74) is 0.997. The molecule has 0 N–H and O–H groups in total. The molecule has 2 aliphatic heterocycles. The van der Waals surface area contributed by atoms with E-state index in [4.69, 9.17) is 0 Å². The fraction of sp³-hybridized carbons (Fsp3) is 0.526. The SMILES string of the molecule is O=C(C1CCCN(c2nc(Cc3ccc(F)cc3)ns2)C1)N1CCCC1. The van der Waals surface area contributed by atoms with Crippen molar-refractivity contribution in [2.75, 3.05) is 31.1 Å². The van der Waals surface area contributed by atoms with Crippen LogP contribution in [0.2, 0.25) is 0 Å². The molecule has 138 valence electrons. The molecule has 0 aliphatic carbocycles. The Kier molecular flexibility index (Phi) is 5.15. The average molecular weight is 374 g/mol. The Labute approximate surface area is 157 Å². The molecule has 4 rings (SSSR count). The van der Waals surface area contributed by atoms with E-state index < -0.39 is 0 Å². The fourth-order valence-electron chi connectivity index (χ4n) is 3.78. The summed E-state index contributed by atoms with van der Waals surface area (Å²) in [5, 5.41) is 0.890. The van der Waals surface area contributed by atoms with E-state index in [-0.39, 0.29) is 11.7 Å². The Balaban J connectivity index is 1.40. The van der Waals surface area contributed by atoms with Crippen molar-refractivity contribution in [1.29, 1.82) is 0 Å². The van der Waals surface area contributed by atoms with Crippen LogP contribution in [0.4, 0.5) is 9.52 Å². The maximum absolute atomic E-state index is 13.0. The summed E-state index contributed by atoms with van der Waals surface area (Å²) >= 11 is 1.39. The Hall–Kier alpha value is -2.02. The van der Waals surface area contributed by atoms with Crippen molar-refractivity contribution in [3.05, 3.63) is 41.5 Å². The minimum absolute atomic E-state index is 0.0753. The van der Waals surface area contributed by atoms with Crippen molar-refractivity contribution in [3.8, 4) is 0 Å². The molecule has 26 heavy (non-hydrogen) atoms. The highest BCUT2D eigenvalue weighted by molar-refractivity contribution is 7.09. The number of hydrogen-bond acceptors (Lipinski definition) is 5. The number of halogens is 1. The number of hydrogen-bond donors (Lipinski definition) is 0. The van der Waals surface area contributed by atoms with Gasteiger partial charge in [0.15, 0.2) is 0 Å². The molecule has 2 aromatic rings. The van der Waals surface area contributed by atoms with Gasteiger partial charge in [-0.3, -0.25) is 4.79 Å². The van der Waals surface area contributed by atoms with Crippen molar-refractivity contribution in [3.63, 3.8) is 0 Å². The topological polar surface area (TPSA) is 49.3 Å². The molecule has 0 spiro atoms. The van der Waals surface area contributed by atoms with Crippen LogP contribution in [-0.2, 0) is 11.2 Å². The first kappa shape index (κ1) is 17.4. The first-order valence-corrected chi connectivity index (χ1v) is 10.1. The lowest BCUT2D eigenvalue weighted by Crippen LogP contribution is -2.44. The lowest BCUT2D eigenvalue weighted by Gasteiger charge is -2.33. The molecule has 1 unspecified atom stereocenters. The van der Waals surface area contributed by atoms with E-state index in [1.54, 1.807) is 12.1 Å². The van der Waals surface area contributed by atoms with Crippen LogP contribution in [0, 0.1) is 11.7 Å². The van der Waals surface area contributed by atoms with Gasteiger partial charge in [-0.05, 0) is 43.4 Å². The van der Waals surface area contributed by atoms with E-state index in [9.17, 15) is 9.18 Å². The second-order valence-corrected chi connectivity index (χ2v) is 7.84. The van der Waals surface area contributed by atoms with E-state index in [0.717, 1.165) is 68.4 Å².